The van der Waals surface area contributed by atoms with E-state index in [-0.39, 0.29) is 54.5 Å². The lowest BCUT2D eigenvalue weighted by Gasteiger charge is -2.39. The van der Waals surface area contributed by atoms with Crippen LogP contribution in [0.3, 0.4) is 0 Å². The number of nitrogens with one attached hydrogen (secondary N) is 1. The van der Waals surface area contributed by atoms with E-state index in [1.54, 1.807) is 19.2 Å². The monoisotopic (exact) mass is 855 g/mol. The molecule has 2 fully saturated rings. The summed E-state index contributed by atoms with van der Waals surface area (Å²) in [5.74, 6) is 3.14. The van der Waals surface area contributed by atoms with Crippen LogP contribution in [0.15, 0.2) is 77.1 Å². The maximum atomic E-state index is 11.4. The van der Waals surface area contributed by atoms with Crippen molar-refractivity contribution in [2.24, 2.45) is 33.9 Å². The molecular formula is C50H72N5O7+. The number of pyridine rings is 1. The highest BCUT2D eigenvalue weighted by molar-refractivity contribution is 6.06. The number of hydrogen-bond donors (Lipinski definition) is 8. The van der Waals surface area contributed by atoms with Gasteiger partial charge in [0.15, 0.2) is 23.3 Å². The largest absolute Gasteiger partial charge is 0.504 e. The number of aromatic hydroxyl groups is 1. The molecule has 0 radical (unpaired) electrons. The molecule has 12 heteroatoms. The number of hydrogen-bond acceptors (Lipinski definition) is 11. The number of anilines is 1. The van der Waals surface area contributed by atoms with E-state index in [2.05, 4.69) is 28.5 Å². The van der Waals surface area contributed by atoms with Gasteiger partial charge in [-0.05, 0) is 119 Å². The predicted molar refractivity (Wildman–Crippen MR) is 244 cm³/mol. The molecule has 6 aliphatic rings. The van der Waals surface area contributed by atoms with Crippen LogP contribution in [0.25, 0.3) is 0 Å². The lowest BCUT2D eigenvalue weighted by atomic mass is 9.63. The van der Waals surface area contributed by atoms with Crippen LogP contribution in [0.1, 0.15) is 108 Å². The molecule has 9 atom stereocenters. The third kappa shape index (κ3) is 11.6. The molecule has 1 spiro atoms. The van der Waals surface area contributed by atoms with Crippen LogP contribution in [0.4, 0.5) is 5.82 Å². The molecule has 338 valence electrons. The van der Waals surface area contributed by atoms with Gasteiger partial charge in [-0.2, -0.15) is 0 Å². The molecular weight excluding hydrogens is 783 g/mol. The SMILES string of the molecule is CC(O)CNCC1[C+]2C=C(C(O)COc3cc(CC[C-]4C=C(CO)C(CCCCCCC(N)CCC(O)CCc5ccnc(N)c5)[OH+]4)ccc3O)N=C2C2C=CC13CCCC3C2. The Hall–Kier alpha value is -3.88. The maximum absolute atomic E-state index is 11.4. The molecule has 0 amide bonds. The summed E-state index contributed by atoms with van der Waals surface area (Å²) >= 11 is 0. The first-order valence-electron chi connectivity index (χ1n) is 23.4. The van der Waals surface area contributed by atoms with Gasteiger partial charge in [-0.1, -0.05) is 43.9 Å². The minimum absolute atomic E-state index is 0.00333. The zero-order valence-electron chi connectivity index (χ0n) is 36.7. The molecule has 3 heterocycles. The Kier molecular flexibility index (Phi) is 16.1. The van der Waals surface area contributed by atoms with Gasteiger partial charge in [0, 0.05) is 49.7 Å². The number of nitrogens with zero attached hydrogens (tertiary/aromatic N) is 2. The van der Waals surface area contributed by atoms with Crippen molar-refractivity contribution in [1.82, 2.24) is 10.3 Å². The number of phenolic OH excluding ortho intramolecular Hbond substituents is 1. The molecule has 2 aliphatic heterocycles. The van der Waals surface area contributed by atoms with Gasteiger partial charge in [-0.3, -0.25) is 0 Å². The van der Waals surface area contributed by atoms with Crippen molar-refractivity contribution < 1.29 is 35.0 Å². The first-order valence-corrected chi connectivity index (χ1v) is 23.4. The van der Waals surface area contributed by atoms with E-state index in [1.807, 2.05) is 30.3 Å². The van der Waals surface area contributed by atoms with Gasteiger partial charge in [-0.25, -0.2) is 4.98 Å². The summed E-state index contributed by atoms with van der Waals surface area (Å²) in [5.41, 5.74) is 16.9. The second-order valence-corrected chi connectivity index (χ2v) is 18.7. The lowest BCUT2D eigenvalue weighted by molar-refractivity contribution is -0.0552. The Balaban J connectivity index is 0.814. The Morgan fingerprint density at radius 1 is 1.05 bits per heavy atom. The molecule has 1 aromatic heterocycles. The molecule has 0 saturated heterocycles. The van der Waals surface area contributed by atoms with E-state index < -0.39 is 12.2 Å². The van der Waals surface area contributed by atoms with Crippen LogP contribution in [0, 0.1) is 35.2 Å². The summed E-state index contributed by atoms with van der Waals surface area (Å²) < 4.78 is 11.0. The molecule has 8 rings (SSSR count). The topological polar surface area (TPSA) is 212 Å². The smallest absolute Gasteiger partial charge is 0.208 e. The molecule has 2 bridgehead atoms. The quantitative estimate of drug-likeness (QED) is 0.0263. The first kappa shape index (κ1) is 46.1. The number of allylic oxidation sites excluding steroid dienone is 3. The van der Waals surface area contributed by atoms with Gasteiger partial charge in [0.25, 0.3) is 0 Å². The Morgan fingerprint density at radius 2 is 1.89 bits per heavy atom. The molecule has 2 aromatic rings. The normalized spacial score (nSPS) is 25.8. The second kappa shape index (κ2) is 21.7. The van der Waals surface area contributed by atoms with Gasteiger partial charge in [0.1, 0.15) is 30.5 Å². The Morgan fingerprint density at radius 3 is 2.71 bits per heavy atom. The van der Waals surface area contributed by atoms with E-state index in [0.717, 1.165) is 99.3 Å². The molecule has 2 saturated carbocycles. The average molecular weight is 855 g/mol. The van der Waals surface area contributed by atoms with Crippen molar-refractivity contribution in [3.63, 3.8) is 0 Å². The zero-order valence-corrected chi connectivity index (χ0v) is 36.7. The van der Waals surface area contributed by atoms with Crippen LogP contribution in [-0.4, -0.2) is 97.7 Å². The van der Waals surface area contributed by atoms with Crippen LogP contribution >= 0.6 is 0 Å². The number of aliphatic hydroxyl groups excluding tert-OH is 4. The Bertz CT molecular complexity index is 1900. The number of aromatic nitrogens is 1. The number of rotatable bonds is 25. The summed E-state index contributed by atoms with van der Waals surface area (Å²) in [6.45, 7) is 3.05. The number of aliphatic hydroxyl groups is 6. The van der Waals surface area contributed by atoms with Crippen molar-refractivity contribution in [1.29, 1.82) is 0 Å². The molecule has 4 aliphatic carbocycles. The number of phenols is 1. The molecule has 9 unspecified atom stereocenters. The van der Waals surface area contributed by atoms with Crippen molar-refractivity contribution in [3.05, 3.63) is 95.3 Å². The number of unbranched alkanes of at least 4 members (excludes halogenated alkanes) is 3. The van der Waals surface area contributed by atoms with E-state index in [0.29, 0.717) is 55.4 Å². The average Bonchev–Trinajstić information content (AvgIpc) is 3.98. The number of nitrogens with two attached hydrogens (primary N) is 2. The highest BCUT2D eigenvalue weighted by Crippen LogP contribution is 2.61. The van der Waals surface area contributed by atoms with Crippen molar-refractivity contribution in [2.75, 3.05) is 32.0 Å². The van der Waals surface area contributed by atoms with Crippen molar-refractivity contribution in [2.45, 2.75) is 140 Å². The summed E-state index contributed by atoms with van der Waals surface area (Å²) in [7, 11) is 0. The van der Waals surface area contributed by atoms with E-state index in [1.165, 1.54) is 18.8 Å². The summed E-state index contributed by atoms with van der Waals surface area (Å²) in [6, 6.07) is 9.24. The Labute approximate surface area is 368 Å². The van der Waals surface area contributed by atoms with Crippen molar-refractivity contribution in [3.8, 4) is 11.5 Å². The molecule has 1 aromatic carbocycles. The summed E-state index contributed by atoms with van der Waals surface area (Å²) in [5, 5.41) is 56.1. The van der Waals surface area contributed by atoms with Gasteiger partial charge in [0.05, 0.1) is 24.2 Å². The highest BCUT2D eigenvalue weighted by atomic mass is 16.5. The van der Waals surface area contributed by atoms with E-state index in [9.17, 15) is 25.5 Å². The number of ether oxygens (including phenoxy) is 2. The van der Waals surface area contributed by atoms with Gasteiger partial charge >= 0.3 is 0 Å². The lowest BCUT2D eigenvalue weighted by Crippen LogP contribution is -2.42. The summed E-state index contributed by atoms with van der Waals surface area (Å²) in [6.07, 6.45) is 25.0. The van der Waals surface area contributed by atoms with Gasteiger partial charge < -0.3 is 51.8 Å². The molecule has 12 nitrogen and oxygen atoms in total. The fraction of sp³-hybridized carbons (Fsp3) is 0.600. The minimum atomic E-state index is -0.958. The van der Waals surface area contributed by atoms with Gasteiger partial charge in [0.2, 0.25) is 5.70 Å². The van der Waals surface area contributed by atoms with E-state index >= 15 is 0 Å². The number of nitrogen functional groups attached to an aromatic ring is 1. The van der Waals surface area contributed by atoms with Crippen molar-refractivity contribution >= 4 is 11.5 Å². The fourth-order valence-corrected chi connectivity index (χ4v) is 10.7. The minimum Gasteiger partial charge on any atom is -0.504 e. The number of aliphatic imine (C=N–C) groups is 1. The van der Waals surface area contributed by atoms with Crippen LogP contribution in [0.5, 0.6) is 11.5 Å². The third-order valence-electron chi connectivity index (χ3n) is 14.1. The molecule has 11 N–H and O–H groups in total. The first-order chi connectivity index (χ1) is 30.0. The zero-order chi connectivity index (χ0) is 43.6. The maximum Gasteiger partial charge on any atom is 0.208 e. The predicted octanol–water partition coefficient (Wildman–Crippen LogP) is 5.72. The number of aryl methyl sites for hydroxylation is 2. The number of benzene rings is 1. The standard InChI is InChI=1S/C50H71N5O7/c1-32(57)28-53-29-42-41-27-43(55-49(41)35-18-21-50(42)20-6-7-37(50)25-35)45(60)31-61-47-23-33(12-17-44(47)59)11-16-40-26-36(30-56)46(62-40)9-5-3-2-4-8-38(51)13-15-39(58)14-10-34-19-22-54-48(52)24-34/h12,17-19,21-24,26-27,32,35,37-39,42,45-46,53,56-58,60,62H,2-11,13-16,20,25,28-31,51H2,1H3,(H2-,52,54,59)/p+1. The highest BCUT2D eigenvalue weighted by Gasteiger charge is 2.60. The van der Waals surface area contributed by atoms with Crippen LogP contribution in [-0.2, 0) is 12.8 Å². The fourth-order valence-electron chi connectivity index (χ4n) is 10.7. The van der Waals surface area contributed by atoms with Gasteiger partial charge in [-0.15, -0.1) is 16.6 Å². The van der Waals surface area contributed by atoms with E-state index in [4.69, 9.17) is 25.9 Å². The second-order valence-electron chi connectivity index (χ2n) is 18.7. The van der Waals surface area contributed by atoms with Crippen LogP contribution in [0.2, 0.25) is 0 Å². The molecule has 62 heavy (non-hydrogen) atoms. The van der Waals surface area contributed by atoms with Crippen LogP contribution < -0.4 is 21.5 Å². The third-order valence-corrected chi connectivity index (χ3v) is 14.1. The summed E-state index contributed by atoms with van der Waals surface area (Å²) in [4.78, 5) is 9.06.